The van der Waals surface area contributed by atoms with E-state index in [0.717, 1.165) is 6.54 Å². The van der Waals surface area contributed by atoms with Crippen LogP contribution in [0.5, 0.6) is 0 Å². The van der Waals surface area contributed by atoms with Crippen LogP contribution in [0, 0.1) is 12.3 Å². The van der Waals surface area contributed by atoms with Gasteiger partial charge < -0.3 is 14.6 Å². The molecule has 2 N–H and O–H groups in total. The molecule has 0 unspecified atom stereocenters. The second kappa shape index (κ2) is 7.92. The monoisotopic (exact) mass is 295 g/mol. The van der Waals surface area contributed by atoms with Crippen LogP contribution in [0.4, 0.5) is 0 Å². The van der Waals surface area contributed by atoms with E-state index < -0.39 is 0 Å². The molecule has 1 amide bonds. The summed E-state index contributed by atoms with van der Waals surface area (Å²) in [6.07, 6.45) is 8.91. The van der Waals surface area contributed by atoms with Gasteiger partial charge in [0, 0.05) is 0 Å². The van der Waals surface area contributed by atoms with Crippen molar-refractivity contribution in [1.82, 2.24) is 15.5 Å². The van der Waals surface area contributed by atoms with Crippen molar-refractivity contribution >= 4 is 17.7 Å². The van der Waals surface area contributed by atoms with Crippen LogP contribution in [0.1, 0.15) is 25.2 Å². The highest BCUT2D eigenvalue weighted by atomic mass is 32.2. The van der Waals surface area contributed by atoms with Crippen molar-refractivity contribution in [2.24, 2.45) is 0 Å². The second-order valence-electron chi connectivity index (χ2n) is 4.72. The van der Waals surface area contributed by atoms with Gasteiger partial charge in [-0.05, 0) is 19.3 Å². The summed E-state index contributed by atoms with van der Waals surface area (Å²) in [4.78, 5) is 12.9. The highest BCUT2D eigenvalue weighted by molar-refractivity contribution is 7.99. The predicted molar refractivity (Wildman–Crippen MR) is 75.1 cm³/mol. The number of carbonyl (C=O) groups excluding carboxylic acids is 1. The predicted octanol–water partition coefficient (Wildman–Crippen LogP) is -0.520. The molecule has 1 aromatic rings. The zero-order valence-electron chi connectivity index (χ0n) is 11.4. The number of amides is 1. The minimum atomic E-state index is -0.130. The molecule has 20 heavy (non-hydrogen) atoms. The van der Waals surface area contributed by atoms with Crippen LogP contribution >= 0.6 is 11.8 Å². The lowest BCUT2D eigenvalue weighted by Crippen LogP contribution is -3.11. The van der Waals surface area contributed by atoms with E-state index >= 15 is 0 Å². The van der Waals surface area contributed by atoms with Gasteiger partial charge in [-0.25, -0.2) is 0 Å². The lowest BCUT2D eigenvalue weighted by atomic mass is 10.1. The summed E-state index contributed by atoms with van der Waals surface area (Å²) in [6, 6.07) is 0. The molecule has 1 aliphatic heterocycles. The molecule has 108 valence electrons. The molecule has 0 spiro atoms. The van der Waals surface area contributed by atoms with Crippen LogP contribution in [0.15, 0.2) is 9.64 Å². The number of rotatable bonds is 6. The number of terminal acetylenes is 1. The number of piperidine rings is 1. The third-order valence-corrected chi connectivity index (χ3v) is 3.94. The normalized spacial score (nSPS) is 15.8. The summed E-state index contributed by atoms with van der Waals surface area (Å²) < 4.78 is 5.54. The van der Waals surface area contributed by atoms with E-state index in [1.807, 2.05) is 0 Å². The smallest absolute Gasteiger partial charge is 0.277 e. The first-order chi connectivity index (χ1) is 9.78. The number of likely N-dealkylation sites (tertiary alicyclic amines) is 1. The van der Waals surface area contributed by atoms with E-state index in [4.69, 9.17) is 10.8 Å². The van der Waals surface area contributed by atoms with Gasteiger partial charge in [0.15, 0.2) is 6.54 Å². The Kier molecular flexibility index (Phi) is 5.89. The van der Waals surface area contributed by atoms with Crippen molar-refractivity contribution in [3.63, 3.8) is 0 Å². The zero-order valence-corrected chi connectivity index (χ0v) is 12.2. The van der Waals surface area contributed by atoms with Gasteiger partial charge in [0.2, 0.25) is 5.91 Å². The number of quaternary nitrogens is 1. The first kappa shape index (κ1) is 14.9. The standard InChI is InChI=1S/C13H18N4O2S/c1-2-6-14-11(18)10-20-13-16-15-12(19-13)9-17-7-4-3-5-8-17/h1H,3-10H2,(H,14,18)/p+1. The van der Waals surface area contributed by atoms with Crippen LogP contribution in [-0.4, -0.2) is 41.5 Å². The lowest BCUT2D eigenvalue weighted by Gasteiger charge is -2.21. The van der Waals surface area contributed by atoms with Gasteiger partial charge >= 0.3 is 0 Å². The van der Waals surface area contributed by atoms with Gasteiger partial charge in [-0.2, -0.15) is 0 Å². The molecule has 2 rings (SSSR count). The molecule has 0 aromatic carbocycles. The fourth-order valence-corrected chi connectivity index (χ4v) is 2.75. The molecule has 1 aliphatic rings. The molecule has 1 fully saturated rings. The topological polar surface area (TPSA) is 72.5 Å². The second-order valence-corrected chi connectivity index (χ2v) is 5.65. The molecule has 0 aliphatic carbocycles. The minimum absolute atomic E-state index is 0.130. The number of hydrogen-bond donors (Lipinski definition) is 2. The van der Waals surface area contributed by atoms with Gasteiger partial charge in [-0.3, -0.25) is 4.79 Å². The molecule has 0 radical (unpaired) electrons. The van der Waals surface area contributed by atoms with E-state index in [1.54, 1.807) is 0 Å². The zero-order chi connectivity index (χ0) is 14.2. The van der Waals surface area contributed by atoms with Crippen LogP contribution in [0.2, 0.25) is 0 Å². The molecule has 1 saturated heterocycles. The van der Waals surface area contributed by atoms with Crippen molar-refractivity contribution < 1.29 is 14.1 Å². The van der Waals surface area contributed by atoms with Gasteiger partial charge in [0.25, 0.3) is 11.1 Å². The Morgan fingerprint density at radius 1 is 1.40 bits per heavy atom. The van der Waals surface area contributed by atoms with Crippen molar-refractivity contribution in [3.8, 4) is 12.3 Å². The number of nitrogens with zero attached hydrogens (tertiary/aromatic N) is 2. The number of nitrogens with one attached hydrogen (secondary N) is 2. The molecule has 0 atom stereocenters. The van der Waals surface area contributed by atoms with E-state index in [1.165, 1.54) is 49.0 Å². The first-order valence-electron chi connectivity index (χ1n) is 6.77. The van der Waals surface area contributed by atoms with Crippen LogP contribution in [-0.2, 0) is 11.3 Å². The summed E-state index contributed by atoms with van der Waals surface area (Å²) >= 11 is 1.23. The summed E-state index contributed by atoms with van der Waals surface area (Å²) in [5, 5.41) is 11.0. The van der Waals surface area contributed by atoms with E-state index in [-0.39, 0.29) is 18.2 Å². The Morgan fingerprint density at radius 3 is 2.95 bits per heavy atom. The maximum absolute atomic E-state index is 11.4. The molecule has 2 heterocycles. The minimum Gasteiger partial charge on any atom is -0.410 e. The highest BCUT2D eigenvalue weighted by Crippen LogP contribution is 2.15. The van der Waals surface area contributed by atoms with Gasteiger partial charge in [-0.15, -0.1) is 16.6 Å². The molecule has 0 bridgehead atoms. The number of hydrogen-bond acceptors (Lipinski definition) is 5. The largest absolute Gasteiger partial charge is 0.410 e. The molecular formula is C13H19N4O2S+. The SMILES string of the molecule is C#CCNC(=O)CSc1nnc(C[NH+]2CCCCC2)o1. The Bertz CT molecular complexity index is 477. The summed E-state index contributed by atoms with van der Waals surface area (Å²) in [7, 11) is 0. The van der Waals surface area contributed by atoms with Gasteiger partial charge in [0.05, 0.1) is 25.4 Å². The van der Waals surface area contributed by atoms with Gasteiger partial charge in [0.1, 0.15) is 0 Å². The molecule has 7 heteroatoms. The molecular weight excluding hydrogens is 276 g/mol. The molecule has 1 aromatic heterocycles. The van der Waals surface area contributed by atoms with Crippen LogP contribution in [0.3, 0.4) is 0 Å². The Morgan fingerprint density at radius 2 is 2.20 bits per heavy atom. The summed E-state index contributed by atoms with van der Waals surface area (Å²) in [5.41, 5.74) is 0. The Labute approximate surface area is 122 Å². The maximum atomic E-state index is 11.4. The van der Waals surface area contributed by atoms with Gasteiger partial charge in [-0.1, -0.05) is 17.7 Å². The summed E-state index contributed by atoms with van der Waals surface area (Å²) in [6.45, 7) is 3.35. The maximum Gasteiger partial charge on any atom is 0.277 e. The average Bonchev–Trinajstić information content (AvgIpc) is 2.91. The highest BCUT2D eigenvalue weighted by Gasteiger charge is 2.18. The van der Waals surface area contributed by atoms with Crippen molar-refractivity contribution in [3.05, 3.63) is 5.89 Å². The number of thioether (sulfide) groups is 1. The van der Waals surface area contributed by atoms with E-state index in [9.17, 15) is 4.79 Å². The average molecular weight is 295 g/mol. The number of aromatic nitrogens is 2. The van der Waals surface area contributed by atoms with Crippen LogP contribution < -0.4 is 10.2 Å². The molecule has 0 saturated carbocycles. The lowest BCUT2D eigenvalue weighted by molar-refractivity contribution is -0.919. The molecule has 6 nitrogen and oxygen atoms in total. The quantitative estimate of drug-likeness (QED) is 0.546. The first-order valence-corrected chi connectivity index (χ1v) is 7.75. The van der Waals surface area contributed by atoms with Crippen molar-refractivity contribution in [1.29, 1.82) is 0 Å². The third-order valence-electron chi connectivity index (χ3n) is 3.12. The number of carbonyl (C=O) groups is 1. The summed E-state index contributed by atoms with van der Waals surface area (Å²) in [5.74, 6) is 3.10. The van der Waals surface area contributed by atoms with Crippen molar-refractivity contribution in [2.75, 3.05) is 25.4 Å². The van der Waals surface area contributed by atoms with E-state index in [0.29, 0.717) is 11.1 Å². The fourth-order valence-electron chi connectivity index (χ4n) is 2.14. The third kappa shape index (κ3) is 4.87. The van der Waals surface area contributed by atoms with Crippen LogP contribution in [0.25, 0.3) is 0 Å². The van der Waals surface area contributed by atoms with E-state index in [2.05, 4.69) is 21.4 Å². The Hall–Kier alpha value is -1.52. The van der Waals surface area contributed by atoms with Crippen molar-refractivity contribution in [2.45, 2.75) is 31.0 Å². The Balaban J connectivity index is 1.74. The fraction of sp³-hybridized carbons (Fsp3) is 0.615.